The molecular weight excluding hydrogens is 336 g/mol. The maximum absolute atomic E-state index is 13.2. The van der Waals surface area contributed by atoms with Crippen LogP contribution in [0, 0.1) is 5.82 Å². The van der Waals surface area contributed by atoms with E-state index in [0.29, 0.717) is 32.7 Å². The third kappa shape index (κ3) is 2.74. The molecule has 0 saturated carbocycles. The van der Waals surface area contributed by atoms with Gasteiger partial charge in [0.1, 0.15) is 22.9 Å². The first kappa shape index (κ1) is 14.3. The van der Waals surface area contributed by atoms with Crippen molar-refractivity contribution in [1.82, 2.24) is 0 Å². The molecule has 0 amide bonds. The van der Waals surface area contributed by atoms with E-state index in [4.69, 9.17) is 23.2 Å². The summed E-state index contributed by atoms with van der Waals surface area (Å²) in [5, 5.41) is 13.6. The van der Waals surface area contributed by atoms with E-state index in [1.807, 2.05) is 0 Å². The van der Waals surface area contributed by atoms with Gasteiger partial charge in [-0.05, 0) is 24.3 Å². The molecule has 108 valence electrons. The summed E-state index contributed by atoms with van der Waals surface area (Å²) in [6.07, 6.45) is 0. The molecule has 21 heavy (non-hydrogen) atoms. The summed E-state index contributed by atoms with van der Waals surface area (Å²) in [4.78, 5) is 0. The zero-order valence-corrected chi connectivity index (χ0v) is 12.7. The maximum atomic E-state index is 13.2. The van der Waals surface area contributed by atoms with Crippen LogP contribution in [0.2, 0.25) is 10.0 Å². The fourth-order valence-electron chi connectivity index (χ4n) is 1.92. The van der Waals surface area contributed by atoms with Crippen LogP contribution in [0.5, 0.6) is 5.75 Å². The van der Waals surface area contributed by atoms with Crippen LogP contribution in [-0.4, -0.2) is 5.11 Å². The fourth-order valence-corrected chi connectivity index (χ4v) is 3.10. The van der Waals surface area contributed by atoms with Crippen molar-refractivity contribution in [2.45, 2.75) is 6.54 Å². The van der Waals surface area contributed by atoms with E-state index in [1.54, 1.807) is 6.07 Å². The van der Waals surface area contributed by atoms with Crippen LogP contribution in [-0.2, 0) is 17.9 Å². The lowest BCUT2D eigenvalue weighted by atomic mass is 10.1. The summed E-state index contributed by atoms with van der Waals surface area (Å²) in [6, 6.07) is 5.32. The first-order valence-corrected chi connectivity index (χ1v) is 7.36. The summed E-state index contributed by atoms with van der Waals surface area (Å²) >= 11 is 13.2. The van der Waals surface area contributed by atoms with Crippen LogP contribution < -0.4 is 5.32 Å². The molecule has 2 N–H and O–H groups in total. The number of phenolic OH excluding ortho intramolecular Hbond substituents is 1. The molecule has 0 aliphatic carbocycles. The number of benzene rings is 2. The van der Waals surface area contributed by atoms with Crippen LogP contribution in [0.3, 0.4) is 0 Å². The molecule has 2 aromatic rings. The van der Waals surface area contributed by atoms with E-state index in [9.17, 15) is 9.50 Å². The van der Waals surface area contributed by atoms with Crippen molar-refractivity contribution in [1.29, 1.82) is 0 Å². The highest BCUT2D eigenvalue weighted by atomic mass is 35.5. The van der Waals surface area contributed by atoms with E-state index in [1.165, 1.54) is 18.2 Å². The zero-order valence-electron chi connectivity index (χ0n) is 10.4. The summed E-state index contributed by atoms with van der Waals surface area (Å²) in [5.74, 6) is -0.422. The minimum Gasteiger partial charge on any atom is -0.508 e. The average Bonchev–Trinajstić information content (AvgIpc) is 2.92. The van der Waals surface area contributed by atoms with Crippen molar-refractivity contribution in [2.75, 3.05) is 5.32 Å². The standard InChI is InChI=1S/C13H8Cl2FN3OS/c14-8-4-9(15)12-13(19-21-18-12)11(8)17-5-6-3-7(16)1-2-10(6)20/h1-4,17,20H,5H2. The Morgan fingerprint density at radius 1 is 1.14 bits per heavy atom. The predicted octanol–water partition coefficient (Wildman–Crippen LogP) is 5.18. The van der Waals surface area contributed by atoms with Gasteiger partial charge in [-0.25, -0.2) is 4.39 Å². The molecule has 0 spiro atoms. The smallest absolute Gasteiger partial charge is 0.130 e. The van der Waals surface area contributed by atoms with E-state index in [2.05, 4.69) is 14.0 Å². The van der Waals surface area contributed by atoms with Crippen LogP contribution in [0.4, 0.5) is 21.5 Å². The lowest BCUT2D eigenvalue weighted by Gasteiger charge is -2.13. The van der Waals surface area contributed by atoms with Gasteiger partial charge < -0.3 is 10.4 Å². The number of phenols is 1. The Balaban J connectivity index is 1.92. The number of aromatic hydroxyl groups is 1. The molecule has 0 radical (unpaired) electrons. The normalized spacial score (nSPS) is 12.1. The van der Waals surface area contributed by atoms with Crippen LogP contribution in [0.1, 0.15) is 5.56 Å². The SMILES string of the molecule is Oc1ccc(F)cc1CNc1c(Cl)cc(Cl)c2c1N=S=N2. The second-order valence-corrected chi connectivity index (χ2v) is 5.65. The highest BCUT2D eigenvalue weighted by Gasteiger charge is 2.18. The van der Waals surface area contributed by atoms with E-state index >= 15 is 0 Å². The average molecular weight is 344 g/mol. The zero-order chi connectivity index (χ0) is 15.0. The van der Waals surface area contributed by atoms with Gasteiger partial charge >= 0.3 is 0 Å². The molecule has 1 heterocycles. The van der Waals surface area contributed by atoms with Gasteiger partial charge in [-0.2, -0.15) is 8.73 Å². The van der Waals surface area contributed by atoms with Crippen molar-refractivity contribution in [2.24, 2.45) is 8.73 Å². The molecule has 0 aromatic heterocycles. The van der Waals surface area contributed by atoms with Crippen molar-refractivity contribution in [3.05, 3.63) is 45.7 Å². The van der Waals surface area contributed by atoms with Crippen molar-refractivity contribution < 1.29 is 9.50 Å². The lowest BCUT2D eigenvalue weighted by Crippen LogP contribution is -2.01. The molecule has 0 bridgehead atoms. The van der Waals surface area contributed by atoms with Crippen molar-refractivity contribution in [3.63, 3.8) is 0 Å². The van der Waals surface area contributed by atoms with E-state index in [0.717, 1.165) is 11.4 Å². The Bertz CT molecular complexity index is 806. The summed E-state index contributed by atoms with van der Waals surface area (Å²) in [6.45, 7) is 0.192. The highest BCUT2D eigenvalue weighted by molar-refractivity contribution is 7.58. The third-order valence-electron chi connectivity index (χ3n) is 2.94. The van der Waals surface area contributed by atoms with Crippen LogP contribution in [0.25, 0.3) is 0 Å². The molecule has 1 aliphatic heterocycles. The largest absolute Gasteiger partial charge is 0.508 e. The van der Waals surface area contributed by atoms with Gasteiger partial charge in [0.05, 0.1) is 27.1 Å². The number of fused-ring (bicyclic) bond motifs is 1. The Hall–Kier alpha value is -1.63. The lowest BCUT2D eigenvalue weighted by molar-refractivity contribution is 0.466. The molecule has 4 nitrogen and oxygen atoms in total. The second kappa shape index (κ2) is 5.63. The first-order chi connectivity index (χ1) is 10.1. The van der Waals surface area contributed by atoms with Crippen LogP contribution in [0.15, 0.2) is 33.0 Å². The van der Waals surface area contributed by atoms with Gasteiger partial charge in [0.25, 0.3) is 0 Å². The minimum atomic E-state index is -0.424. The first-order valence-electron chi connectivity index (χ1n) is 5.88. The van der Waals surface area contributed by atoms with Crippen molar-refractivity contribution in [3.8, 4) is 5.75 Å². The third-order valence-corrected chi connectivity index (χ3v) is 4.06. The van der Waals surface area contributed by atoms with Gasteiger partial charge in [0, 0.05) is 12.1 Å². The fraction of sp³-hybridized carbons (Fsp3) is 0.0769. The molecular formula is C13H8Cl2FN3OS. The van der Waals surface area contributed by atoms with Crippen LogP contribution >= 0.6 is 23.2 Å². The quantitative estimate of drug-likeness (QED) is 0.688. The maximum Gasteiger partial charge on any atom is 0.130 e. The molecule has 3 rings (SSSR count). The number of anilines is 1. The Kier molecular flexibility index (Phi) is 3.84. The highest BCUT2D eigenvalue weighted by Crippen LogP contribution is 2.47. The number of nitrogens with zero attached hydrogens (tertiary/aromatic N) is 2. The van der Waals surface area contributed by atoms with Gasteiger partial charge in [0.15, 0.2) is 0 Å². The Morgan fingerprint density at radius 3 is 2.71 bits per heavy atom. The van der Waals surface area contributed by atoms with Gasteiger partial charge in [-0.3, -0.25) is 0 Å². The molecule has 0 saturated heterocycles. The Morgan fingerprint density at radius 2 is 1.90 bits per heavy atom. The minimum absolute atomic E-state index is 0.00151. The number of halogens is 3. The monoisotopic (exact) mass is 343 g/mol. The van der Waals surface area contributed by atoms with Crippen molar-refractivity contribution >= 4 is 51.6 Å². The summed E-state index contributed by atoms with van der Waals surface area (Å²) < 4.78 is 21.5. The number of hydrogen-bond acceptors (Lipinski definition) is 4. The molecule has 8 heteroatoms. The topological polar surface area (TPSA) is 57.0 Å². The number of hydrogen-bond donors (Lipinski definition) is 2. The molecule has 0 atom stereocenters. The number of nitrogens with one attached hydrogen (secondary N) is 1. The summed E-state index contributed by atoms with van der Waals surface area (Å²) in [5.41, 5.74) is 2.07. The molecule has 0 unspecified atom stereocenters. The van der Waals surface area contributed by atoms with Gasteiger partial charge in [0.2, 0.25) is 0 Å². The molecule has 1 aliphatic rings. The summed E-state index contributed by atoms with van der Waals surface area (Å²) in [7, 11) is 0. The van der Waals surface area contributed by atoms with E-state index < -0.39 is 5.82 Å². The molecule has 2 aromatic carbocycles. The van der Waals surface area contributed by atoms with Gasteiger partial charge in [-0.1, -0.05) is 23.2 Å². The molecule has 0 fully saturated rings. The Labute approximate surface area is 133 Å². The van der Waals surface area contributed by atoms with Gasteiger partial charge in [-0.15, -0.1) is 0 Å². The second-order valence-electron chi connectivity index (χ2n) is 4.30. The van der Waals surface area contributed by atoms with E-state index in [-0.39, 0.29) is 12.3 Å². The number of rotatable bonds is 3. The predicted molar refractivity (Wildman–Crippen MR) is 83.4 cm³/mol.